The van der Waals surface area contributed by atoms with Gasteiger partial charge < -0.3 is 11.1 Å². The van der Waals surface area contributed by atoms with Gasteiger partial charge in [0, 0.05) is 17.4 Å². The Balaban J connectivity index is 1.98. The number of nitrogens with two attached hydrogens (primary N) is 1. The summed E-state index contributed by atoms with van der Waals surface area (Å²) >= 11 is 0. The molecule has 3 rings (SSSR count). The van der Waals surface area contributed by atoms with Crippen LogP contribution < -0.4 is 16.6 Å². The van der Waals surface area contributed by atoms with Crippen LogP contribution >= 0.6 is 0 Å². The summed E-state index contributed by atoms with van der Waals surface area (Å²) in [6, 6.07) is 14.7. The fourth-order valence-corrected chi connectivity index (χ4v) is 2.76. The molecule has 6 heteroatoms. The molecular formula is C19H20N4O2. The average Bonchev–Trinajstić information content (AvgIpc) is 2.63. The van der Waals surface area contributed by atoms with Crippen LogP contribution in [-0.2, 0) is 4.79 Å². The highest BCUT2D eigenvalue weighted by molar-refractivity contribution is 6.00. The lowest BCUT2D eigenvalue weighted by atomic mass is 10.0. The fourth-order valence-electron chi connectivity index (χ4n) is 2.76. The first-order chi connectivity index (χ1) is 12.2. The maximum atomic E-state index is 12.2. The molecule has 2 aromatic carbocycles. The molecule has 0 fully saturated rings. The zero-order valence-electron chi connectivity index (χ0n) is 13.8. The standard InChI is InChI=1S/C19H20N4O2/c20-12-6-5-11-17(24)21-16-10-4-3-9-15(16)18-13-7-1-2-8-14(13)19(25)23-22-18/h1-4,7-10H,5-6,11-12,20H2,(H,21,24)(H,23,25). The van der Waals surface area contributed by atoms with Crippen LogP contribution in [-0.4, -0.2) is 22.6 Å². The van der Waals surface area contributed by atoms with Gasteiger partial charge in [0.2, 0.25) is 5.91 Å². The minimum atomic E-state index is -0.234. The summed E-state index contributed by atoms with van der Waals surface area (Å²) in [7, 11) is 0. The van der Waals surface area contributed by atoms with Gasteiger partial charge in [0.1, 0.15) is 5.69 Å². The van der Waals surface area contributed by atoms with Crippen LogP contribution in [0.1, 0.15) is 19.3 Å². The zero-order valence-corrected chi connectivity index (χ0v) is 13.8. The van der Waals surface area contributed by atoms with Gasteiger partial charge in [-0.2, -0.15) is 5.10 Å². The molecule has 0 atom stereocenters. The van der Waals surface area contributed by atoms with Crippen molar-refractivity contribution in [2.24, 2.45) is 5.73 Å². The van der Waals surface area contributed by atoms with Crippen molar-refractivity contribution in [3.63, 3.8) is 0 Å². The van der Waals surface area contributed by atoms with E-state index in [1.807, 2.05) is 42.5 Å². The SMILES string of the molecule is NCCCCC(=O)Nc1ccccc1-c1n[nH]c(=O)c2ccccc12. The second-order valence-corrected chi connectivity index (χ2v) is 5.79. The number of H-pyrrole nitrogens is 1. The molecule has 0 bridgehead atoms. The van der Waals surface area contributed by atoms with Gasteiger partial charge in [-0.15, -0.1) is 0 Å². The molecule has 3 aromatic rings. The van der Waals surface area contributed by atoms with E-state index in [2.05, 4.69) is 15.5 Å². The Kier molecular flexibility index (Phi) is 5.20. The van der Waals surface area contributed by atoms with Gasteiger partial charge in [-0.1, -0.05) is 36.4 Å². The number of carbonyl (C=O) groups is 1. The number of amides is 1. The summed E-state index contributed by atoms with van der Waals surface area (Å²) in [5.74, 6) is -0.0605. The Bertz CT molecular complexity index is 949. The Labute approximate surface area is 145 Å². The Morgan fingerprint density at radius 2 is 1.76 bits per heavy atom. The monoisotopic (exact) mass is 336 g/mol. The van der Waals surface area contributed by atoms with E-state index in [-0.39, 0.29) is 11.5 Å². The highest BCUT2D eigenvalue weighted by Crippen LogP contribution is 2.30. The van der Waals surface area contributed by atoms with Crippen molar-refractivity contribution in [1.29, 1.82) is 0 Å². The van der Waals surface area contributed by atoms with Crippen molar-refractivity contribution in [3.05, 3.63) is 58.9 Å². The molecule has 0 aliphatic carbocycles. The zero-order chi connectivity index (χ0) is 17.6. The normalized spacial score (nSPS) is 10.8. The van der Waals surface area contributed by atoms with Crippen molar-refractivity contribution in [2.45, 2.75) is 19.3 Å². The average molecular weight is 336 g/mol. The van der Waals surface area contributed by atoms with Crippen molar-refractivity contribution in [2.75, 3.05) is 11.9 Å². The number of para-hydroxylation sites is 1. The first-order valence-corrected chi connectivity index (χ1v) is 8.27. The van der Waals surface area contributed by atoms with E-state index in [0.717, 1.165) is 23.8 Å². The molecule has 0 saturated carbocycles. The lowest BCUT2D eigenvalue weighted by Gasteiger charge is -2.12. The number of aromatic amines is 1. The van der Waals surface area contributed by atoms with Gasteiger partial charge in [-0.25, -0.2) is 5.10 Å². The lowest BCUT2D eigenvalue weighted by molar-refractivity contribution is -0.116. The molecule has 0 aliphatic heterocycles. The number of benzene rings is 2. The summed E-state index contributed by atoms with van der Waals surface area (Å²) in [5.41, 5.74) is 7.30. The fraction of sp³-hybridized carbons (Fsp3) is 0.211. The number of hydrogen-bond donors (Lipinski definition) is 3. The van der Waals surface area contributed by atoms with E-state index in [1.165, 1.54) is 0 Å². The van der Waals surface area contributed by atoms with Gasteiger partial charge in [0.05, 0.1) is 11.1 Å². The number of unbranched alkanes of at least 4 members (excludes halogenated alkanes) is 1. The molecule has 0 unspecified atom stereocenters. The van der Waals surface area contributed by atoms with E-state index >= 15 is 0 Å². The van der Waals surface area contributed by atoms with Gasteiger partial charge in [0.15, 0.2) is 0 Å². The smallest absolute Gasteiger partial charge is 0.272 e. The van der Waals surface area contributed by atoms with Crippen LogP contribution in [0, 0.1) is 0 Å². The lowest BCUT2D eigenvalue weighted by Crippen LogP contribution is -2.14. The molecule has 1 aromatic heterocycles. The maximum absolute atomic E-state index is 12.2. The predicted molar refractivity (Wildman–Crippen MR) is 99.3 cm³/mol. The first kappa shape index (κ1) is 16.9. The number of nitrogens with one attached hydrogen (secondary N) is 2. The number of nitrogens with zero attached hydrogens (tertiary/aromatic N) is 1. The maximum Gasteiger partial charge on any atom is 0.272 e. The third-order valence-corrected chi connectivity index (χ3v) is 4.01. The molecular weight excluding hydrogens is 316 g/mol. The minimum absolute atomic E-state index is 0.0605. The van der Waals surface area contributed by atoms with Crippen LogP contribution in [0.2, 0.25) is 0 Å². The molecule has 0 radical (unpaired) electrons. The van der Waals surface area contributed by atoms with Crippen molar-refractivity contribution in [1.82, 2.24) is 10.2 Å². The Hall–Kier alpha value is -2.99. The molecule has 25 heavy (non-hydrogen) atoms. The summed E-state index contributed by atoms with van der Waals surface area (Å²) in [5, 5.41) is 11.0. The highest BCUT2D eigenvalue weighted by Gasteiger charge is 2.13. The van der Waals surface area contributed by atoms with Gasteiger partial charge in [-0.05, 0) is 31.5 Å². The van der Waals surface area contributed by atoms with E-state index in [1.54, 1.807) is 6.07 Å². The Morgan fingerprint density at radius 1 is 1.04 bits per heavy atom. The topological polar surface area (TPSA) is 101 Å². The van der Waals surface area contributed by atoms with Gasteiger partial charge in [-0.3, -0.25) is 9.59 Å². The van der Waals surface area contributed by atoms with Crippen molar-refractivity contribution >= 4 is 22.4 Å². The number of aromatic nitrogens is 2. The van der Waals surface area contributed by atoms with E-state index in [9.17, 15) is 9.59 Å². The largest absolute Gasteiger partial charge is 0.330 e. The first-order valence-electron chi connectivity index (χ1n) is 8.27. The van der Waals surface area contributed by atoms with Crippen molar-refractivity contribution in [3.8, 4) is 11.3 Å². The third-order valence-electron chi connectivity index (χ3n) is 4.01. The van der Waals surface area contributed by atoms with E-state index in [0.29, 0.717) is 29.7 Å². The van der Waals surface area contributed by atoms with E-state index < -0.39 is 0 Å². The number of anilines is 1. The Morgan fingerprint density at radius 3 is 2.56 bits per heavy atom. The molecule has 4 N–H and O–H groups in total. The van der Waals surface area contributed by atoms with Crippen LogP contribution in [0.5, 0.6) is 0 Å². The molecule has 0 aliphatic rings. The van der Waals surface area contributed by atoms with Gasteiger partial charge >= 0.3 is 0 Å². The molecule has 128 valence electrons. The van der Waals surface area contributed by atoms with Crippen LogP contribution in [0.15, 0.2) is 53.3 Å². The summed E-state index contributed by atoms with van der Waals surface area (Å²) < 4.78 is 0. The molecule has 1 amide bonds. The third kappa shape index (κ3) is 3.75. The van der Waals surface area contributed by atoms with E-state index in [4.69, 9.17) is 5.73 Å². The second kappa shape index (κ2) is 7.72. The second-order valence-electron chi connectivity index (χ2n) is 5.79. The number of hydrogen-bond acceptors (Lipinski definition) is 4. The van der Waals surface area contributed by atoms with Crippen LogP contribution in [0.4, 0.5) is 5.69 Å². The van der Waals surface area contributed by atoms with Crippen molar-refractivity contribution < 1.29 is 4.79 Å². The molecule has 0 saturated heterocycles. The number of fused-ring (bicyclic) bond motifs is 1. The summed E-state index contributed by atoms with van der Waals surface area (Å²) in [6.45, 7) is 0.581. The molecule has 6 nitrogen and oxygen atoms in total. The molecule has 0 spiro atoms. The minimum Gasteiger partial charge on any atom is -0.330 e. The van der Waals surface area contributed by atoms with Gasteiger partial charge in [0.25, 0.3) is 5.56 Å². The highest BCUT2D eigenvalue weighted by atomic mass is 16.1. The predicted octanol–water partition coefficient (Wildman–Crippen LogP) is 2.66. The number of carbonyl (C=O) groups excluding carboxylic acids is 1. The van der Waals surface area contributed by atoms with Crippen LogP contribution in [0.3, 0.4) is 0 Å². The summed E-state index contributed by atoms with van der Waals surface area (Å²) in [4.78, 5) is 24.1. The summed E-state index contributed by atoms with van der Waals surface area (Å²) in [6.07, 6.45) is 2.00. The quantitative estimate of drug-likeness (QED) is 0.602. The van der Waals surface area contributed by atoms with Crippen LogP contribution in [0.25, 0.3) is 22.0 Å². The molecule has 1 heterocycles. The number of rotatable bonds is 6.